The number of carbonyl (C=O) groups is 1. The molecule has 0 aliphatic heterocycles. The monoisotopic (exact) mass is 490 g/mol. The molecule has 3 rings (SSSR count). The van der Waals surface area contributed by atoms with Crippen molar-refractivity contribution < 1.29 is 31.5 Å². The zero-order chi connectivity index (χ0) is 24.4. The summed E-state index contributed by atoms with van der Waals surface area (Å²) < 4.78 is 66.3. The van der Waals surface area contributed by atoms with Crippen LogP contribution in [0.2, 0.25) is 0 Å². The number of primary amides is 1. The second-order valence-electron chi connectivity index (χ2n) is 8.29. The van der Waals surface area contributed by atoms with Crippen LogP contribution in [-0.2, 0) is 26.4 Å². The van der Waals surface area contributed by atoms with Gasteiger partial charge in [0.2, 0.25) is 10.9 Å². The van der Waals surface area contributed by atoms with E-state index in [1.165, 1.54) is 18.4 Å². The third kappa shape index (κ3) is 3.77. The highest BCUT2D eigenvalue weighted by Gasteiger charge is 2.46. The Balaban J connectivity index is 2.34. The Kier molecular flexibility index (Phi) is 5.47. The fraction of sp³-hybridized carbons (Fsp3) is 0.421. The molecule has 1 amide bonds. The second kappa shape index (κ2) is 7.25. The van der Waals surface area contributed by atoms with Crippen LogP contribution in [0.4, 0.5) is 13.2 Å². The summed E-state index contributed by atoms with van der Waals surface area (Å²) >= 11 is 1.09. The predicted molar refractivity (Wildman–Crippen MR) is 112 cm³/mol. The number of sulfone groups is 1. The highest BCUT2D eigenvalue weighted by atomic mass is 32.2. The molecule has 0 saturated carbocycles. The molecule has 0 aliphatic rings. The molecule has 3 N–H and O–H groups in total. The summed E-state index contributed by atoms with van der Waals surface area (Å²) in [5, 5.41) is 14.8. The zero-order valence-electron chi connectivity index (χ0n) is 17.8. The van der Waals surface area contributed by atoms with Crippen molar-refractivity contribution >= 4 is 32.0 Å². The number of aromatic nitrogens is 3. The molecule has 8 nitrogen and oxygen atoms in total. The first-order chi connectivity index (χ1) is 14.4. The van der Waals surface area contributed by atoms with Gasteiger partial charge in [-0.15, -0.1) is 0 Å². The van der Waals surface area contributed by atoms with Crippen LogP contribution in [0.25, 0.3) is 16.2 Å². The number of nitrogens with zero attached hydrogens (tertiary/aromatic N) is 3. The first kappa shape index (κ1) is 24.1. The van der Waals surface area contributed by atoms with Crippen LogP contribution in [0.1, 0.15) is 44.0 Å². The quantitative estimate of drug-likeness (QED) is 0.566. The molecule has 0 saturated heterocycles. The van der Waals surface area contributed by atoms with E-state index >= 15 is 0 Å². The maximum Gasteiger partial charge on any atom is 0.417 e. The normalized spacial score (nSPS) is 13.7. The number of benzene rings is 1. The first-order valence-electron chi connectivity index (χ1n) is 9.24. The Morgan fingerprint density at radius 3 is 2.28 bits per heavy atom. The SMILES string of the molecule is Cc1nc2sc(C(C)(C)O)nn2c1-c1ccc(C(F)(F)F)c(S(=O)(=O)C(C)(C)C(N)=O)c1. The number of nitrogens with two attached hydrogens (primary N) is 1. The highest BCUT2D eigenvalue weighted by molar-refractivity contribution is 7.93. The van der Waals surface area contributed by atoms with Crippen LogP contribution in [0, 0.1) is 6.92 Å². The van der Waals surface area contributed by atoms with E-state index in [9.17, 15) is 31.5 Å². The van der Waals surface area contributed by atoms with E-state index in [4.69, 9.17) is 5.73 Å². The number of imidazole rings is 1. The van der Waals surface area contributed by atoms with Crippen LogP contribution in [-0.4, -0.2) is 38.8 Å². The molecule has 32 heavy (non-hydrogen) atoms. The lowest BCUT2D eigenvalue weighted by molar-refractivity contribution is -0.140. The summed E-state index contributed by atoms with van der Waals surface area (Å²) in [5.41, 5.74) is 3.23. The van der Waals surface area contributed by atoms with E-state index < -0.39 is 42.7 Å². The lowest BCUT2D eigenvalue weighted by Crippen LogP contribution is -2.45. The van der Waals surface area contributed by atoms with E-state index in [0.717, 1.165) is 37.3 Å². The third-order valence-corrected chi connectivity index (χ3v) is 8.70. The molecule has 1 aromatic carbocycles. The van der Waals surface area contributed by atoms with Gasteiger partial charge in [-0.25, -0.2) is 17.9 Å². The van der Waals surface area contributed by atoms with Crippen molar-refractivity contribution in [2.24, 2.45) is 5.73 Å². The smallest absolute Gasteiger partial charge is 0.383 e. The largest absolute Gasteiger partial charge is 0.417 e. The Morgan fingerprint density at radius 2 is 1.78 bits per heavy atom. The summed E-state index contributed by atoms with van der Waals surface area (Å²) in [7, 11) is -4.83. The van der Waals surface area contributed by atoms with Gasteiger partial charge < -0.3 is 10.8 Å². The van der Waals surface area contributed by atoms with Crippen molar-refractivity contribution in [1.29, 1.82) is 0 Å². The Hall–Kier alpha value is -2.51. The Morgan fingerprint density at radius 1 is 1.19 bits per heavy atom. The molecule has 3 aromatic rings. The lowest BCUT2D eigenvalue weighted by Gasteiger charge is -2.24. The number of rotatable bonds is 5. The number of fused-ring (bicyclic) bond motifs is 1. The average Bonchev–Trinajstić information content (AvgIpc) is 3.16. The molecule has 0 unspecified atom stereocenters. The van der Waals surface area contributed by atoms with Gasteiger partial charge in [0.25, 0.3) is 0 Å². The van der Waals surface area contributed by atoms with Crippen LogP contribution in [0.3, 0.4) is 0 Å². The van der Waals surface area contributed by atoms with Gasteiger partial charge in [0.1, 0.15) is 15.4 Å². The van der Waals surface area contributed by atoms with E-state index in [1.807, 2.05) is 0 Å². The third-order valence-electron chi connectivity index (χ3n) is 5.02. The van der Waals surface area contributed by atoms with E-state index in [-0.39, 0.29) is 11.3 Å². The van der Waals surface area contributed by atoms with Crippen molar-refractivity contribution in [3.8, 4) is 11.3 Å². The van der Waals surface area contributed by atoms with E-state index in [0.29, 0.717) is 21.7 Å². The molecule has 0 bridgehead atoms. The van der Waals surface area contributed by atoms with Crippen molar-refractivity contribution in [1.82, 2.24) is 14.6 Å². The number of hydrogen-bond donors (Lipinski definition) is 2. The molecule has 13 heteroatoms. The number of hydrogen-bond acceptors (Lipinski definition) is 7. The van der Waals surface area contributed by atoms with Crippen LogP contribution >= 0.6 is 11.3 Å². The van der Waals surface area contributed by atoms with Gasteiger partial charge in [0.05, 0.1) is 21.8 Å². The van der Waals surface area contributed by atoms with Crippen molar-refractivity contribution in [2.45, 2.75) is 56.0 Å². The summed E-state index contributed by atoms with van der Waals surface area (Å²) in [6.45, 7) is 6.55. The minimum atomic E-state index is -4.99. The van der Waals surface area contributed by atoms with Gasteiger partial charge in [0, 0.05) is 5.56 Å². The van der Waals surface area contributed by atoms with Gasteiger partial charge >= 0.3 is 6.18 Å². The van der Waals surface area contributed by atoms with Crippen LogP contribution in [0.5, 0.6) is 0 Å². The Bertz CT molecular complexity index is 1330. The van der Waals surface area contributed by atoms with Crippen LogP contribution in [0.15, 0.2) is 23.1 Å². The van der Waals surface area contributed by atoms with Gasteiger partial charge in [-0.1, -0.05) is 17.4 Å². The minimum absolute atomic E-state index is 0.0921. The number of carbonyl (C=O) groups excluding carboxylic acids is 1. The summed E-state index contributed by atoms with van der Waals surface area (Å²) in [6, 6.07) is 2.60. The number of amides is 1. The molecular weight excluding hydrogens is 469 g/mol. The zero-order valence-corrected chi connectivity index (χ0v) is 19.4. The highest BCUT2D eigenvalue weighted by Crippen LogP contribution is 2.40. The molecule has 0 radical (unpaired) electrons. The summed E-state index contributed by atoms with van der Waals surface area (Å²) in [5.74, 6) is -1.28. The van der Waals surface area contributed by atoms with Gasteiger partial charge in [-0.2, -0.15) is 18.3 Å². The second-order valence-corrected chi connectivity index (χ2v) is 11.7. The molecular formula is C19H21F3N4O4S2. The predicted octanol–water partition coefficient (Wildman–Crippen LogP) is 3.05. The number of alkyl halides is 3. The molecule has 2 aromatic heterocycles. The molecule has 0 aliphatic carbocycles. The van der Waals surface area contributed by atoms with E-state index in [1.54, 1.807) is 6.92 Å². The average molecular weight is 491 g/mol. The number of aryl methyl sites for hydroxylation is 1. The summed E-state index contributed by atoms with van der Waals surface area (Å²) in [6.07, 6.45) is -4.99. The topological polar surface area (TPSA) is 128 Å². The molecule has 0 spiro atoms. The summed E-state index contributed by atoms with van der Waals surface area (Å²) in [4.78, 5) is 15.4. The molecule has 174 valence electrons. The van der Waals surface area contributed by atoms with Crippen molar-refractivity contribution in [2.75, 3.05) is 0 Å². The molecule has 2 heterocycles. The lowest BCUT2D eigenvalue weighted by atomic mass is 10.1. The maximum absolute atomic E-state index is 13.7. The van der Waals surface area contributed by atoms with Gasteiger partial charge in [0.15, 0.2) is 9.84 Å². The van der Waals surface area contributed by atoms with E-state index in [2.05, 4.69) is 10.1 Å². The number of aliphatic hydroxyl groups is 1. The molecule has 0 atom stereocenters. The maximum atomic E-state index is 13.7. The van der Waals surface area contributed by atoms with Gasteiger partial charge in [-0.05, 0) is 46.8 Å². The fourth-order valence-corrected chi connectivity index (χ4v) is 5.48. The number of halogens is 3. The Labute approximate surface area is 185 Å². The first-order valence-corrected chi connectivity index (χ1v) is 11.5. The van der Waals surface area contributed by atoms with Crippen LogP contribution < -0.4 is 5.73 Å². The molecule has 0 fully saturated rings. The van der Waals surface area contributed by atoms with Gasteiger partial charge in [-0.3, -0.25) is 4.79 Å². The minimum Gasteiger partial charge on any atom is -0.383 e. The van der Waals surface area contributed by atoms with Crippen molar-refractivity contribution in [3.05, 3.63) is 34.5 Å². The van der Waals surface area contributed by atoms with Crippen molar-refractivity contribution in [3.63, 3.8) is 0 Å². The fourth-order valence-electron chi connectivity index (χ4n) is 2.96. The standard InChI is InChI=1S/C19H21F3N4O4S2/c1-9-13(26-16(24-9)31-15(25-26)17(2,3)28)10-6-7-11(19(20,21)22)12(8-10)32(29,30)18(4,5)14(23)27/h6-8,28H,1-5H3,(H2,23,27).